The number of hydrogen-bond acceptors (Lipinski definition) is 13. The molecule has 69 heavy (non-hydrogen) atoms. The fourth-order valence-corrected chi connectivity index (χ4v) is 10.2. The van der Waals surface area contributed by atoms with Crippen LogP contribution in [0.5, 0.6) is 23.5 Å². The minimum Gasteiger partial charge on any atom is -0.424 e. The second-order valence-corrected chi connectivity index (χ2v) is 19.2. The van der Waals surface area contributed by atoms with E-state index >= 15 is 0 Å². The number of rotatable bonds is 10. The van der Waals surface area contributed by atoms with E-state index < -0.39 is 25.4 Å². The number of aryl methyl sites for hydroxylation is 2. The fourth-order valence-electron chi connectivity index (χ4n) is 9.47. The molecule has 0 spiro atoms. The zero-order chi connectivity index (χ0) is 49.0. The van der Waals surface area contributed by atoms with Gasteiger partial charge in [-0.05, 0) is 121 Å². The van der Waals surface area contributed by atoms with Crippen LogP contribution in [0.1, 0.15) is 42.9 Å². The lowest BCUT2D eigenvalue weighted by Gasteiger charge is -2.38. The van der Waals surface area contributed by atoms with Gasteiger partial charge in [0, 0.05) is 72.2 Å². The molecule has 0 radical (unpaired) electrons. The molecule has 4 bridgehead atoms. The Morgan fingerprint density at radius 2 is 1.09 bits per heavy atom. The normalized spacial score (nSPS) is 21.9. The number of nitrogens with two attached hydrogens (primary N) is 1. The Kier molecular flexibility index (Phi) is 15.5. The molecule has 6 aromatic rings. The van der Waals surface area contributed by atoms with Gasteiger partial charge >= 0.3 is 24.4 Å². The molecule has 4 aliphatic rings. The molecular weight excluding hydrogens is 1020 g/mol. The van der Waals surface area contributed by atoms with Crippen molar-refractivity contribution in [1.82, 2.24) is 49.5 Å². The molecule has 4 aromatic heterocycles. The summed E-state index contributed by atoms with van der Waals surface area (Å²) >= 11 is 14.6. The van der Waals surface area contributed by atoms with E-state index in [2.05, 4.69) is 71.9 Å². The van der Waals surface area contributed by atoms with Crippen LogP contribution in [-0.2, 0) is 19.5 Å². The molecule has 15 nitrogen and oxygen atoms in total. The van der Waals surface area contributed by atoms with Crippen LogP contribution >= 0.6 is 39.1 Å². The number of halogens is 9. The number of alkyl halides is 6. The second kappa shape index (κ2) is 21.4. The number of aromatic nitrogens is 10. The van der Waals surface area contributed by atoms with Gasteiger partial charge in [-0.25, -0.2) is 29.3 Å². The maximum atomic E-state index is 13.2. The number of ether oxygens (including phenoxy) is 2. The van der Waals surface area contributed by atoms with Gasteiger partial charge in [0.1, 0.15) is 48.9 Å². The summed E-state index contributed by atoms with van der Waals surface area (Å²) in [5.41, 5.74) is 8.15. The highest BCUT2D eigenvalue weighted by atomic mass is 79.9. The van der Waals surface area contributed by atoms with Gasteiger partial charge in [-0.3, -0.25) is 0 Å². The monoisotopic (exact) mass is 1070 g/mol. The first-order valence-electron chi connectivity index (χ1n) is 22.2. The summed E-state index contributed by atoms with van der Waals surface area (Å²) in [6, 6.07) is 16.7. The highest BCUT2D eigenvalue weighted by molar-refractivity contribution is 9.10. The van der Waals surface area contributed by atoms with Gasteiger partial charge in [0.05, 0.1) is 0 Å². The van der Waals surface area contributed by atoms with Gasteiger partial charge in [0.15, 0.2) is 5.82 Å². The Balaban J connectivity index is 0.000000154. The first-order chi connectivity index (χ1) is 32.8. The van der Waals surface area contributed by atoms with Gasteiger partial charge < -0.3 is 25.0 Å². The lowest BCUT2D eigenvalue weighted by molar-refractivity contribution is -0.144. The van der Waals surface area contributed by atoms with Crippen molar-refractivity contribution in [3.63, 3.8) is 0 Å². The second-order valence-electron chi connectivity index (χ2n) is 17.6. The van der Waals surface area contributed by atoms with Crippen LogP contribution in [0.25, 0.3) is 0 Å². The van der Waals surface area contributed by atoms with Gasteiger partial charge in [-0.15, -0.1) is 5.10 Å². The van der Waals surface area contributed by atoms with E-state index in [0.29, 0.717) is 68.4 Å². The van der Waals surface area contributed by atoms with Crippen molar-refractivity contribution < 1.29 is 35.8 Å². The molecule has 4 fully saturated rings. The first kappa shape index (κ1) is 50.1. The summed E-state index contributed by atoms with van der Waals surface area (Å²) in [5, 5.41) is 8.57. The minimum absolute atomic E-state index is 0.00813. The van der Waals surface area contributed by atoms with Crippen molar-refractivity contribution in [2.45, 2.75) is 77.4 Å². The standard InChI is InChI=1S/C23H24ClF3N6O.C12H18N4.C10H6BrClF3N3O/c1-14-7-21(29-13-28-14)32-10-15-5-6-16(11-32)19(15)9-20-30-22(33(31-20)12-23(25,26)27)34-18-4-2-3-17(24)8-18;1-8-4-11(15-7-14-8)16-5-9-2-3-10(6-16)12(9)13;11-8-16-9(18(17-8)5-10(13,14)15)19-7-3-1-2-6(12)4-7/h2-4,7-8,13,15-16,19H,5-6,9-12H2,1H3;4,7,9-10,12H,2-3,5-6,13H2,1H3;1-4H,5H2. The molecule has 4 unspecified atom stereocenters. The zero-order valence-electron chi connectivity index (χ0n) is 37.3. The number of hydrogen-bond donors (Lipinski definition) is 1. The Morgan fingerprint density at radius 3 is 1.55 bits per heavy atom. The van der Waals surface area contributed by atoms with E-state index in [0.717, 1.165) is 66.7 Å². The Hall–Kier alpha value is -5.32. The molecule has 2 aliphatic carbocycles. The molecule has 2 aliphatic heterocycles. The molecule has 0 amide bonds. The molecule has 2 saturated carbocycles. The molecule has 2 N–H and O–H groups in total. The van der Waals surface area contributed by atoms with E-state index in [4.69, 9.17) is 38.4 Å². The largest absolute Gasteiger partial charge is 0.424 e. The zero-order valence-corrected chi connectivity index (χ0v) is 40.4. The minimum atomic E-state index is -4.45. The van der Waals surface area contributed by atoms with Crippen molar-refractivity contribution in [3.05, 3.63) is 105 Å². The van der Waals surface area contributed by atoms with Gasteiger partial charge in [-0.1, -0.05) is 35.3 Å². The van der Waals surface area contributed by atoms with Gasteiger partial charge in [0.25, 0.3) is 0 Å². The average molecular weight is 1070 g/mol. The van der Waals surface area contributed by atoms with Crippen LogP contribution < -0.4 is 25.0 Å². The Labute approximate surface area is 411 Å². The molecule has 2 aromatic carbocycles. The summed E-state index contributed by atoms with van der Waals surface area (Å²) in [6.07, 6.45) is -0.396. The third-order valence-corrected chi connectivity index (χ3v) is 13.3. The van der Waals surface area contributed by atoms with Crippen molar-refractivity contribution in [1.29, 1.82) is 0 Å². The number of benzene rings is 2. The molecule has 368 valence electrons. The summed E-state index contributed by atoms with van der Waals surface area (Å²) < 4.78 is 88.9. The van der Waals surface area contributed by atoms with Crippen LogP contribution in [0.3, 0.4) is 0 Å². The van der Waals surface area contributed by atoms with Crippen LogP contribution in [0.2, 0.25) is 10.0 Å². The smallest absolute Gasteiger partial charge is 0.408 e. The van der Waals surface area contributed by atoms with E-state index in [1.807, 2.05) is 19.9 Å². The topological polar surface area (TPSA) is 164 Å². The molecular formula is C45H48BrCl2F6N13O2. The molecule has 4 atom stereocenters. The van der Waals surface area contributed by atoms with Gasteiger partial charge in [-0.2, -0.15) is 41.4 Å². The molecule has 10 rings (SSSR count). The Bertz CT molecular complexity index is 2670. The lowest BCUT2D eigenvalue weighted by Crippen LogP contribution is -2.49. The van der Waals surface area contributed by atoms with Crippen LogP contribution in [0.15, 0.2) is 78.1 Å². The predicted molar refractivity (Wildman–Crippen MR) is 248 cm³/mol. The number of fused-ring (bicyclic) bond motifs is 4. The van der Waals surface area contributed by atoms with Crippen LogP contribution in [0.4, 0.5) is 38.0 Å². The van der Waals surface area contributed by atoms with Crippen LogP contribution in [0, 0.1) is 43.4 Å². The van der Waals surface area contributed by atoms with E-state index in [-0.39, 0.29) is 22.5 Å². The quantitative estimate of drug-likeness (QED) is 0.129. The number of piperidine rings is 2. The van der Waals surface area contributed by atoms with Gasteiger partial charge in [0.2, 0.25) is 4.73 Å². The lowest BCUT2D eigenvalue weighted by atomic mass is 9.82. The van der Waals surface area contributed by atoms with E-state index in [1.54, 1.807) is 49.1 Å². The SMILES string of the molecule is Cc1cc(N2CC3CCC(C2)C3Cc2nc(Oc3cccc(Cl)c3)n(CC(F)(F)F)n2)ncn1.Cc1cc(N2CC3CCC(C2)C3N)ncn1.FC(F)(F)Cn1nc(Br)nc1Oc1cccc(Cl)c1. The summed E-state index contributed by atoms with van der Waals surface area (Å²) in [4.78, 5) is 29.8. The number of anilines is 2. The third-order valence-electron chi connectivity index (χ3n) is 12.5. The van der Waals surface area contributed by atoms with Crippen molar-refractivity contribution in [2.24, 2.45) is 35.3 Å². The van der Waals surface area contributed by atoms with Crippen molar-refractivity contribution in [3.8, 4) is 23.5 Å². The molecule has 2 saturated heterocycles. The molecule has 24 heteroatoms. The van der Waals surface area contributed by atoms with E-state index in [1.165, 1.54) is 25.0 Å². The first-order valence-corrected chi connectivity index (χ1v) is 23.7. The third kappa shape index (κ3) is 13.5. The fraction of sp³-hybridized carbons (Fsp3) is 0.467. The summed E-state index contributed by atoms with van der Waals surface area (Å²) in [6.45, 7) is 5.23. The highest BCUT2D eigenvalue weighted by Gasteiger charge is 2.44. The van der Waals surface area contributed by atoms with E-state index in [9.17, 15) is 26.3 Å². The van der Waals surface area contributed by atoms with Crippen LogP contribution in [-0.4, -0.2) is 94.0 Å². The predicted octanol–water partition coefficient (Wildman–Crippen LogP) is 10.1. The highest BCUT2D eigenvalue weighted by Crippen LogP contribution is 2.45. The maximum absolute atomic E-state index is 13.2. The maximum Gasteiger partial charge on any atom is 0.408 e. The summed E-state index contributed by atoms with van der Waals surface area (Å²) in [7, 11) is 0. The number of nitrogens with zero attached hydrogens (tertiary/aromatic N) is 12. The Morgan fingerprint density at radius 1 is 0.638 bits per heavy atom. The van der Waals surface area contributed by atoms with Crippen molar-refractivity contribution >= 4 is 50.8 Å². The molecule has 6 heterocycles. The summed E-state index contributed by atoms with van der Waals surface area (Å²) in [5.74, 6) is 5.38. The average Bonchev–Trinajstić information content (AvgIpc) is 3.91. The van der Waals surface area contributed by atoms with Crippen molar-refractivity contribution in [2.75, 3.05) is 36.0 Å².